The molecule has 0 fully saturated rings. The predicted octanol–water partition coefficient (Wildman–Crippen LogP) is 3.59. The van der Waals surface area contributed by atoms with Gasteiger partial charge in [-0.2, -0.15) is 18.2 Å². The molecule has 8 nitrogen and oxygen atoms in total. The third-order valence-electron chi connectivity index (χ3n) is 5.19. The van der Waals surface area contributed by atoms with E-state index in [0.717, 1.165) is 24.7 Å². The molecule has 32 heavy (non-hydrogen) atoms. The number of benzene rings is 1. The molecule has 1 aliphatic heterocycles. The third-order valence-corrected chi connectivity index (χ3v) is 5.19. The molecule has 2 aromatic heterocycles. The van der Waals surface area contributed by atoms with Crippen molar-refractivity contribution in [2.45, 2.75) is 32.1 Å². The van der Waals surface area contributed by atoms with Crippen molar-refractivity contribution in [1.29, 1.82) is 0 Å². The van der Waals surface area contributed by atoms with Crippen LogP contribution in [0.4, 0.5) is 30.6 Å². The number of anilines is 3. The highest BCUT2D eigenvalue weighted by Gasteiger charge is 2.35. The molecule has 3 N–H and O–H groups in total. The van der Waals surface area contributed by atoms with E-state index < -0.39 is 11.7 Å². The summed E-state index contributed by atoms with van der Waals surface area (Å²) < 4.78 is 47.7. The molecule has 3 aromatic rings. The Bertz CT molecular complexity index is 1050. The zero-order valence-electron chi connectivity index (χ0n) is 17.5. The first kappa shape index (κ1) is 21.9. The topological polar surface area (TPSA) is 88.9 Å². The van der Waals surface area contributed by atoms with Gasteiger partial charge < -0.3 is 25.3 Å². The van der Waals surface area contributed by atoms with Crippen LogP contribution in [-0.2, 0) is 25.7 Å². The quantitative estimate of drug-likeness (QED) is 0.455. The normalized spacial score (nSPS) is 13.5. The molecule has 0 unspecified atom stereocenters. The van der Waals surface area contributed by atoms with Gasteiger partial charge in [0.1, 0.15) is 17.1 Å². The average molecular weight is 447 g/mol. The fourth-order valence-electron chi connectivity index (χ4n) is 3.57. The maximum absolute atomic E-state index is 13.5. The van der Waals surface area contributed by atoms with E-state index in [4.69, 9.17) is 4.74 Å². The summed E-state index contributed by atoms with van der Waals surface area (Å²) in [6.07, 6.45) is 2.83. The molecule has 0 aliphatic carbocycles. The number of rotatable bonds is 8. The Labute approximate surface area is 183 Å². The van der Waals surface area contributed by atoms with Crippen LogP contribution in [-0.4, -0.2) is 39.7 Å². The number of alkyl halides is 3. The van der Waals surface area contributed by atoms with E-state index in [0.29, 0.717) is 37.5 Å². The molecule has 0 spiro atoms. The van der Waals surface area contributed by atoms with Crippen LogP contribution in [0.25, 0.3) is 0 Å². The number of aryl methyl sites for hydroxylation is 1. The molecule has 0 bridgehead atoms. The molecule has 1 aromatic carbocycles. The van der Waals surface area contributed by atoms with E-state index in [1.807, 2.05) is 16.7 Å². The van der Waals surface area contributed by atoms with Crippen molar-refractivity contribution < 1.29 is 17.9 Å². The lowest BCUT2D eigenvalue weighted by Crippen LogP contribution is -2.23. The van der Waals surface area contributed by atoms with Gasteiger partial charge >= 0.3 is 6.18 Å². The highest BCUT2D eigenvalue weighted by atomic mass is 19.4. The van der Waals surface area contributed by atoms with Gasteiger partial charge in [0.15, 0.2) is 0 Å². The molecular formula is C21H24F3N7O. The van der Waals surface area contributed by atoms with Crippen LogP contribution < -0.4 is 20.7 Å². The minimum atomic E-state index is -4.57. The van der Waals surface area contributed by atoms with Gasteiger partial charge in [0.2, 0.25) is 5.95 Å². The highest BCUT2D eigenvalue weighted by Crippen LogP contribution is 2.35. The molecule has 0 radical (unpaired) electrons. The first-order valence-corrected chi connectivity index (χ1v) is 10.3. The molecule has 170 valence electrons. The minimum absolute atomic E-state index is 0.0529. The fraction of sp³-hybridized carbons (Fsp3) is 0.381. The molecule has 4 rings (SSSR count). The largest absolute Gasteiger partial charge is 0.495 e. The molecule has 0 saturated heterocycles. The number of aromatic nitrogens is 4. The van der Waals surface area contributed by atoms with Crippen LogP contribution in [0.2, 0.25) is 0 Å². The van der Waals surface area contributed by atoms with Crippen LogP contribution in [0.1, 0.15) is 23.1 Å². The third kappa shape index (κ3) is 5.10. The highest BCUT2D eigenvalue weighted by molar-refractivity contribution is 5.66. The minimum Gasteiger partial charge on any atom is -0.495 e. The first-order chi connectivity index (χ1) is 15.4. The van der Waals surface area contributed by atoms with Crippen LogP contribution in [0.5, 0.6) is 5.75 Å². The number of nitrogens with one attached hydrogen (secondary N) is 3. The predicted molar refractivity (Wildman–Crippen MR) is 114 cm³/mol. The summed E-state index contributed by atoms with van der Waals surface area (Å²) in [7, 11) is 1.55. The van der Waals surface area contributed by atoms with Crippen molar-refractivity contribution in [2.24, 2.45) is 0 Å². The van der Waals surface area contributed by atoms with E-state index >= 15 is 0 Å². The number of hydrogen-bond donors (Lipinski definition) is 3. The fourth-order valence-corrected chi connectivity index (χ4v) is 3.57. The summed E-state index contributed by atoms with van der Waals surface area (Å²) in [6, 6.07) is 3.86. The SMILES string of the molecule is COc1cc2c(cc1Nc1ncc(C(F)(F)F)c(NCCCn3ccnc3)n1)CNCC2. The van der Waals surface area contributed by atoms with Crippen molar-refractivity contribution in [3.8, 4) is 5.75 Å². The van der Waals surface area contributed by atoms with Gasteiger partial charge in [0, 0.05) is 38.2 Å². The van der Waals surface area contributed by atoms with E-state index in [9.17, 15) is 13.2 Å². The smallest absolute Gasteiger partial charge is 0.421 e. The number of methoxy groups -OCH3 is 1. The second kappa shape index (κ2) is 9.43. The Hall–Kier alpha value is -3.34. The van der Waals surface area contributed by atoms with Crippen molar-refractivity contribution in [2.75, 3.05) is 30.8 Å². The van der Waals surface area contributed by atoms with Crippen LogP contribution >= 0.6 is 0 Å². The standard InChI is InChI=1S/C21H24F3N7O/c1-32-18-10-14-3-5-25-11-15(14)9-17(18)29-20-28-12-16(21(22,23)24)19(30-20)27-4-2-7-31-8-6-26-13-31/h6,8-10,12-13,25H,2-5,7,11H2,1H3,(H2,27,28,29,30). The Balaban J connectivity index is 1.53. The summed E-state index contributed by atoms with van der Waals surface area (Å²) in [5, 5.41) is 9.11. The molecule has 0 atom stereocenters. The van der Waals surface area contributed by atoms with Gasteiger partial charge in [0.05, 0.1) is 19.1 Å². The molecule has 0 amide bonds. The van der Waals surface area contributed by atoms with Gasteiger partial charge in [-0.1, -0.05) is 0 Å². The summed E-state index contributed by atoms with van der Waals surface area (Å²) in [5.74, 6) is 0.375. The average Bonchev–Trinajstić information content (AvgIpc) is 3.29. The zero-order chi connectivity index (χ0) is 22.6. The molecule has 0 saturated carbocycles. The zero-order valence-corrected chi connectivity index (χ0v) is 17.5. The Morgan fingerprint density at radius 1 is 1.25 bits per heavy atom. The van der Waals surface area contributed by atoms with Crippen LogP contribution in [0.15, 0.2) is 37.1 Å². The maximum atomic E-state index is 13.5. The van der Waals surface area contributed by atoms with E-state index in [1.165, 1.54) is 5.56 Å². The first-order valence-electron chi connectivity index (χ1n) is 10.3. The second-order valence-electron chi connectivity index (χ2n) is 7.41. The summed E-state index contributed by atoms with van der Waals surface area (Å²) >= 11 is 0. The lowest BCUT2D eigenvalue weighted by atomic mass is 10.00. The van der Waals surface area contributed by atoms with Gasteiger partial charge in [0.25, 0.3) is 0 Å². The lowest BCUT2D eigenvalue weighted by Gasteiger charge is -2.21. The lowest BCUT2D eigenvalue weighted by molar-refractivity contribution is -0.137. The Morgan fingerprint density at radius 2 is 2.12 bits per heavy atom. The molecule has 1 aliphatic rings. The monoisotopic (exact) mass is 447 g/mol. The van der Waals surface area contributed by atoms with Crippen molar-refractivity contribution >= 4 is 17.5 Å². The summed E-state index contributed by atoms with van der Waals surface area (Å²) in [4.78, 5) is 12.0. The summed E-state index contributed by atoms with van der Waals surface area (Å²) in [6.45, 7) is 2.54. The molecule has 3 heterocycles. The molecular weight excluding hydrogens is 423 g/mol. The van der Waals surface area contributed by atoms with Gasteiger partial charge in [-0.25, -0.2) is 9.97 Å². The van der Waals surface area contributed by atoms with Crippen LogP contribution in [0, 0.1) is 0 Å². The van der Waals surface area contributed by atoms with Gasteiger partial charge in [-0.15, -0.1) is 0 Å². The number of hydrogen-bond acceptors (Lipinski definition) is 7. The Morgan fingerprint density at radius 3 is 2.88 bits per heavy atom. The van der Waals surface area contributed by atoms with E-state index in [1.54, 1.807) is 25.8 Å². The maximum Gasteiger partial charge on any atom is 0.421 e. The number of imidazole rings is 1. The number of ether oxygens (including phenoxy) is 1. The number of fused-ring (bicyclic) bond motifs is 1. The van der Waals surface area contributed by atoms with Crippen LogP contribution in [0.3, 0.4) is 0 Å². The van der Waals surface area contributed by atoms with E-state index in [2.05, 4.69) is 30.9 Å². The van der Waals surface area contributed by atoms with Gasteiger partial charge in [-0.05, 0) is 42.6 Å². The second-order valence-corrected chi connectivity index (χ2v) is 7.41. The number of halogens is 3. The number of nitrogens with zero attached hydrogens (tertiary/aromatic N) is 4. The van der Waals surface area contributed by atoms with Crippen molar-refractivity contribution in [3.63, 3.8) is 0 Å². The van der Waals surface area contributed by atoms with Crippen molar-refractivity contribution in [1.82, 2.24) is 24.8 Å². The van der Waals surface area contributed by atoms with Gasteiger partial charge in [-0.3, -0.25) is 0 Å². The Kier molecular flexibility index (Phi) is 6.45. The van der Waals surface area contributed by atoms with Crippen molar-refractivity contribution in [3.05, 3.63) is 53.7 Å². The summed E-state index contributed by atoms with van der Waals surface area (Å²) in [5.41, 5.74) is 1.97. The van der Waals surface area contributed by atoms with E-state index in [-0.39, 0.29) is 11.8 Å². The molecule has 11 heteroatoms.